The summed E-state index contributed by atoms with van der Waals surface area (Å²) in [5.74, 6) is 0. The van der Waals surface area contributed by atoms with E-state index in [2.05, 4.69) is 181 Å². The maximum absolute atomic E-state index is 2.51. The molecule has 48 heavy (non-hydrogen) atoms. The lowest BCUT2D eigenvalue weighted by Gasteiger charge is -2.29. The zero-order valence-electron chi connectivity index (χ0n) is 26.1. The first-order valence-corrected chi connectivity index (χ1v) is 17.3. The molecule has 10 aromatic rings. The largest absolute Gasteiger partial charge is 0.308 e. The van der Waals surface area contributed by atoms with E-state index in [1.807, 2.05) is 11.3 Å². The third kappa shape index (κ3) is 4.17. The Balaban J connectivity index is 1.34. The molecule has 0 amide bonds. The predicted octanol–water partition coefficient (Wildman–Crippen LogP) is 13.8. The highest BCUT2D eigenvalue weighted by Crippen LogP contribution is 2.49. The minimum Gasteiger partial charge on any atom is -0.308 e. The van der Waals surface area contributed by atoms with E-state index >= 15 is 0 Å². The van der Waals surface area contributed by atoms with Gasteiger partial charge in [0.1, 0.15) is 0 Å². The Bertz CT molecular complexity index is 2830. The van der Waals surface area contributed by atoms with E-state index in [4.69, 9.17) is 0 Å². The van der Waals surface area contributed by atoms with E-state index < -0.39 is 0 Å². The molecular weight excluding hydrogens is 599 g/mol. The number of anilines is 3. The van der Waals surface area contributed by atoms with Gasteiger partial charge in [-0.1, -0.05) is 146 Å². The molecule has 0 aliphatic carbocycles. The molecule has 1 heterocycles. The van der Waals surface area contributed by atoms with Gasteiger partial charge in [0.25, 0.3) is 0 Å². The second-order valence-corrected chi connectivity index (χ2v) is 13.5. The van der Waals surface area contributed by atoms with Crippen molar-refractivity contribution in [1.29, 1.82) is 0 Å². The van der Waals surface area contributed by atoms with Crippen LogP contribution in [0.4, 0.5) is 17.1 Å². The van der Waals surface area contributed by atoms with Crippen LogP contribution in [0.1, 0.15) is 0 Å². The van der Waals surface area contributed by atoms with Crippen LogP contribution >= 0.6 is 11.3 Å². The van der Waals surface area contributed by atoms with E-state index in [1.54, 1.807) is 0 Å². The maximum Gasteiger partial charge on any atom is 0.0640 e. The fourth-order valence-corrected chi connectivity index (χ4v) is 8.85. The minimum absolute atomic E-state index is 1.14. The van der Waals surface area contributed by atoms with Gasteiger partial charge in [0.2, 0.25) is 0 Å². The Kier molecular flexibility index (Phi) is 6.12. The molecule has 1 nitrogen and oxygen atoms in total. The summed E-state index contributed by atoms with van der Waals surface area (Å²) in [7, 11) is 0. The quantitative estimate of drug-likeness (QED) is 0.176. The number of hydrogen-bond donors (Lipinski definition) is 0. The van der Waals surface area contributed by atoms with Crippen molar-refractivity contribution in [2.75, 3.05) is 4.90 Å². The van der Waals surface area contributed by atoms with E-state index in [-0.39, 0.29) is 0 Å². The lowest BCUT2D eigenvalue weighted by atomic mass is 9.94. The second-order valence-electron chi connectivity index (χ2n) is 12.5. The molecule has 0 atom stereocenters. The third-order valence-corrected chi connectivity index (χ3v) is 11.0. The number of hydrogen-bond acceptors (Lipinski definition) is 2. The SMILES string of the molecule is c1ccc(-c2cccc(N(c3cc4ccccc4c4c3ccc3ccccc34)c3cccc4c3sc3ccc5ccccc5c34)c2)cc1. The Morgan fingerprint density at radius 1 is 0.354 bits per heavy atom. The first-order chi connectivity index (χ1) is 23.8. The maximum atomic E-state index is 2.51. The summed E-state index contributed by atoms with van der Waals surface area (Å²) in [6.45, 7) is 0. The van der Waals surface area contributed by atoms with Gasteiger partial charge in [-0.15, -0.1) is 11.3 Å². The van der Waals surface area contributed by atoms with Crippen molar-refractivity contribution < 1.29 is 0 Å². The number of fused-ring (bicyclic) bond motifs is 10. The monoisotopic (exact) mass is 627 g/mol. The van der Waals surface area contributed by atoms with Crippen LogP contribution in [0, 0.1) is 0 Å². The summed E-state index contributed by atoms with van der Waals surface area (Å²) in [5.41, 5.74) is 5.90. The highest BCUT2D eigenvalue weighted by Gasteiger charge is 2.22. The van der Waals surface area contributed by atoms with Crippen molar-refractivity contribution in [3.63, 3.8) is 0 Å². The van der Waals surface area contributed by atoms with Gasteiger partial charge in [-0.25, -0.2) is 0 Å². The van der Waals surface area contributed by atoms with Crippen molar-refractivity contribution in [3.8, 4) is 11.1 Å². The average Bonchev–Trinajstić information content (AvgIpc) is 3.55. The Morgan fingerprint density at radius 3 is 1.75 bits per heavy atom. The average molecular weight is 628 g/mol. The Hall–Kier alpha value is -5.96. The van der Waals surface area contributed by atoms with Crippen molar-refractivity contribution >= 4 is 91.7 Å². The molecule has 0 spiro atoms. The van der Waals surface area contributed by atoms with Gasteiger partial charge < -0.3 is 4.90 Å². The summed E-state index contributed by atoms with van der Waals surface area (Å²) >= 11 is 1.89. The highest BCUT2D eigenvalue weighted by atomic mass is 32.1. The van der Waals surface area contributed by atoms with Crippen LogP contribution in [0.3, 0.4) is 0 Å². The van der Waals surface area contributed by atoms with Gasteiger partial charge in [-0.3, -0.25) is 0 Å². The summed E-state index contributed by atoms with van der Waals surface area (Å²) < 4.78 is 2.60. The van der Waals surface area contributed by atoms with Gasteiger partial charge in [0.15, 0.2) is 0 Å². The van der Waals surface area contributed by atoms with Crippen LogP contribution in [-0.4, -0.2) is 0 Å². The predicted molar refractivity (Wildman–Crippen MR) is 209 cm³/mol. The molecule has 0 saturated carbocycles. The molecular formula is C46H29NS. The van der Waals surface area contributed by atoms with Crippen LogP contribution in [0.25, 0.3) is 74.4 Å². The van der Waals surface area contributed by atoms with Gasteiger partial charge in [-0.05, 0) is 79.2 Å². The summed E-state index contributed by atoms with van der Waals surface area (Å²) in [4.78, 5) is 2.51. The minimum atomic E-state index is 1.14. The Labute approximate surface area is 282 Å². The third-order valence-electron chi connectivity index (χ3n) is 9.79. The van der Waals surface area contributed by atoms with Gasteiger partial charge in [0, 0.05) is 26.5 Å². The number of benzene rings is 9. The fraction of sp³-hybridized carbons (Fsp3) is 0. The van der Waals surface area contributed by atoms with E-state index in [9.17, 15) is 0 Å². The fourth-order valence-electron chi connectivity index (χ4n) is 7.63. The molecule has 0 unspecified atom stereocenters. The van der Waals surface area contributed by atoms with Crippen LogP contribution < -0.4 is 4.90 Å². The zero-order chi connectivity index (χ0) is 31.6. The first-order valence-electron chi connectivity index (χ1n) is 16.4. The molecule has 0 fully saturated rings. The second kappa shape index (κ2) is 10.8. The topological polar surface area (TPSA) is 3.24 Å². The molecule has 0 bridgehead atoms. The summed E-state index contributed by atoms with van der Waals surface area (Å²) in [5, 5.41) is 12.8. The summed E-state index contributed by atoms with van der Waals surface area (Å²) in [6.07, 6.45) is 0. The van der Waals surface area contributed by atoms with Crippen molar-refractivity contribution in [2.45, 2.75) is 0 Å². The first kappa shape index (κ1) is 27.2. The number of nitrogens with zero attached hydrogens (tertiary/aromatic N) is 1. The van der Waals surface area contributed by atoms with Gasteiger partial charge >= 0.3 is 0 Å². The van der Waals surface area contributed by atoms with E-state index in [1.165, 1.54) is 85.8 Å². The van der Waals surface area contributed by atoms with E-state index in [0.29, 0.717) is 0 Å². The smallest absolute Gasteiger partial charge is 0.0640 e. The van der Waals surface area contributed by atoms with Crippen LogP contribution in [0.15, 0.2) is 176 Å². The summed E-state index contributed by atoms with van der Waals surface area (Å²) in [6, 6.07) is 64.5. The van der Waals surface area contributed by atoms with Crippen LogP contribution in [0.2, 0.25) is 0 Å². The van der Waals surface area contributed by atoms with Crippen molar-refractivity contribution in [3.05, 3.63) is 176 Å². The zero-order valence-corrected chi connectivity index (χ0v) is 26.9. The lowest BCUT2D eigenvalue weighted by Crippen LogP contribution is -2.11. The molecule has 0 aliphatic heterocycles. The standard InChI is InChI=1S/C46H29NS/c1-2-12-30(13-3-1)33-17-10-18-35(28-33)47(41-23-11-22-40-45-37-20-8-5-15-32(37)25-27-43(45)48-46(40)41)42-29-34-16-6-9-21-38(34)44-36-19-7-4-14-31(36)24-26-39(42)44/h1-29H. The Morgan fingerprint density at radius 2 is 0.958 bits per heavy atom. The van der Waals surface area contributed by atoms with Crippen molar-refractivity contribution in [2.24, 2.45) is 0 Å². The molecule has 224 valence electrons. The molecule has 0 radical (unpaired) electrons. The highest BCUT2D eigenvalue weighted by molar-refractivity contribution is 7.26. The molecule has 0 aliphatic rings. The molecule has 0 saturated heterocycles. The van der Waals surface area contributed by atoms with Crippen molar-refractivity contribution in [1.82, 2.24) is 0 Å². The molecule has 9 aromatic carbocycles. The lowest BCUT2D eigenvalue weighted by molar-refractivity contribution is 1.32. The van der Waals surface area contributed by atoms with Crippen LogP contribution in [-0.2, 0) is 0 Å². The molecule has 2 heteroatoms. The number of thiophene rings is 1. The number of rotatable bonds is 4. The molecule has 1 aromatic heterocycles. The normalized spacial score (nSPS) is 11.8. The van der Waals surface area contributed by atoms with Gasteiger partial charge in [0.05, 0.1) is 16.1 Å². The molecule has 10 rings (SSSR count). The van der Waals surface area contributed by atoms with Crippen LogP contribution in [0.5, 0.6) is 0 Å². The van der Waals surface area contributed by atoms with Gasteiger partial charge in [-0.2, -0.15) is 0 Å². The molecule has 0 N–H and O–H groups in total. The van der Waals surface area contributed by atoms with E-state index in [0.717, 1.165) is 5.69 Å².